The summed E-state index contributed by atoms with van der Waals surface area (Å²) in [5.74, 6) is 0. The van der Waals surface area contributed by atoms with Crippen LogP contribution >= 0.6 is 34.0 Å². The summed E-state index contributed by atoms with van der Waals surface area (Å²) in [6, 6.07) is 147. The second-order valence-electron chi connectivity index (χ2n) is 29.1. The van der Waals surface area contributed by atoms with E-state index in [1.807, 2.05) is 34.0 Å². The molecule has 3 heterocycles. The maximum absolute atomic E-state index is 2.39. The SMILES string of the molecule is C.C.C.c1cc(-c2ccc3c4ccccc4c4ccccc4c3c2)cc(-c2cccc3c2sc2ccccc23)c1.c1ccc(-c2cccc3c2sc2c(-c4cccc(-c5ccc6c7ccccc7c7ccccc7c6c5)c4)cccc23)cc1.c1ccc2c(c1)sc1c(-c3ccc4c5ccccc5c5ccccc5c4c3)cccc12. The average molecular weight is 1510 g/mol. The predicted octanol–water partition coefficient (Wildman–Crippen LogP) is 34.5. The van der Waals surface area contributed by atoms with Crippen LogP contribution < -0.4 is 0 Å². The van der Waals surface area contributed by atoms with Gasteiger partial charge in [0.1, 0.15) is 0 Å². The molecule has 540 valence electrons. The Bertz CT molecular complexity index is 7800. The molecule has 0 nitrogen and oxygen atoms in total. The van der Waals surface area contributed by atoms with Crippen LogP contribution in [-0.2, 0) is 0 Å². The molecule has 0 aliphatic rings. The van der Waals surface area contributed by atoms with Crippen LogP contribution in [0.4, 0.5) is 0 Å². The van der Waals surface area contributed by atoms with Gasteiger partial charge < -0.3 is 0 Å². The molecule has 0 saturated heterocycles. The normalized spacial score (nSPS) is 11.5. The standard InChI is InChI=1S/C42H26S.C36H22S.C30H18S.3CH4/c1-2-11-27(12-3-1)31-19-9-21-38-39-22-10-20-32(42(39)43-41(31)38)30-14-8-13-28(25-30)29-23-24-37-35-17-5-4-15-33(35)34-16-6-7-18-36(34)40(37)26-29;1-2-13-29-27(11-1)28-12-3-4-14-30(28)34-22-24(19-20-31(29)34)23-9-7-10-25(21-23)26-16-8-17-33-32-15-5-6-18-35(32)37-36(26)33;1-2-10-23-21(8-1)22-9-3-4-11-24(22)28-18-19(16-17-25(23)28)20-13-7-14-27-26-12-5-6-15-29(26)31-30(20)27;;;/h1-26H;1-22H;1-18H;3*1H4. The smallest absolute Gasteiger partial charge is 0.0434 e. The second kappa shape index (κ2) is 29.4. The van der Waals surface area contributed by atoms with Gasteiger partial charge in [-0.2, -0.15) is 0 Å². The number of hydrogen-bond acceptors (Lipinski definition) is 3. The van der Waals surface area contributed by atoms with Crippen LogP contribution in [0.3, 0.4) is 0 Å². The third kappa shape index (κ3) is 11.8. The zero-order chi connectivity index (χ0) is 73.0. The van der Waals surface area contributed by atoms with Crippen molar-refractivity contribution < 1.29 is 0 Å². The minimum atomic E-state index is 0. The highest BCUT2D eigenvalue weighted by Crippen LogP contribution is 2.48. The Labute approximate surface area is 675 Å². The van der Waals surface area contributed by atoms with Gasteiger partial charge in [-0.1, -0.05) is 380 Å². The first-order valence-corrected chi connectivity index (χ1v) is 40.5. The van der Waals surface area contributed by atoms with Gasteiger partial charge in [0, 0.05) is 60.5 Å². The van der Waals surface area contributed by atoms with Gasteiger partial charge in [-0.05, 0) is 206 Å². The molecule has 24 aromatic rings. The first kappa shape index (κ1) is 71.0. The van der Waals surface area contributed by atoms with E-state index in [0.29, 0.717) is 0 Å². The molecule has 0 atom stereocenters. The van der Waals surface area contributed by atoms with Gasteiger partial charge in [-0.15, -0.1) is 34.0 Å². The third-order valence-electron chi connectivity index (χ3n) is 23.0. The van der Waals surface area contributed by atoms with E-state index in [0.717, 1.165) is 0 Å². The Hall–Kier alpha value is -13.4. The van der Waals surface area contributed by atoms with Crippen molar-refractivity contribution in [2.75, 3.05) is 0 Å². The molecule has 3 aromatic heterocycles. The molecule has 0 bridgehead atoms. The Balaban J connectivity index is 0.000000115. The lowest BCUT2D eigenvalue weighted by Crippen LogP contribution is -1.86. The summed E-state index contributed by atoms with van der Waals surface area (Å²) >= 11 is 5.69. The Kier molecular flexibility index (Phi) is 18.3. The highest BCUT2D eigenvalue weighted by atomic mass is 32.1. The summed E-state index contributed by atoms with van der Waals surface area (Å²) in [6.07, 6.45) is 0. The van der Waals surface area contributed by atoms with Crippen molar-refractivity contribution in [3.8, 4) is 66.8 Å². The number of rotatable bonds is 6. The number of hydrogen-bond donors (Lipinski definition) is 0. The zero-order valence-corrected chi connectivity index (χ0v) is 62.8. The Morgan fingerprint density at radius 2 is 0.316 bits per heavy atom. The maximum Gasteiger partial charge on any atom is 0.0434 e. The molecule has 114 heavy (non-hydrogen) atoms. The van der Waals surface area contributed by atoms with Gasteiger partial charge in [0.15, 0.2) is 0 Å². The van der Waals surface area contributed by atoms with Crippen LogP contribution in [0, 0.1) is 0 Å². The monoisotopic (exact) mass is 1510 g/mol. The minimum absolute atomic E-state index is 0. The summed E-state index contributed by atoms with van der Waals surface area (Å²) in [5, 5.41) is 31.7. The molecule has 0 saturated carbocycles. The summed E-state index contributed by atoms with van der Waals surface area (Å²) in [6.45, 7) is 0. The van der Waals surface area contributed by atoms with Gasteiger partial charge in [-0.25, -0.2) is 0 Å². The molecule has 0 N–H and O–H groups in total. The van der Waals surface area contributed by atoms with Crippen LogP contribution in [0.5, 0.6) is 0 Å². The predicted molar refractivity (Wildman–Crippen MR) is 508 cm³/mol. The highest BCUT2D eigenvalue weighted by Gasteiger charge is 2.19. The van der Waals surface area contributed by atoms with Gasteiger partial charge in [0.05, 0.1) is 0 Å². The van der Waals surface area contributed by atoms with Gasteiger partial charge in [-0.3, -0.25) is 0 Å². The van der Waals surface area contributed by atoms with E-state index >= 15 is 0 Å². The van der Waals surface area contributed by atoms with Crippen molar-refractivity contribution in [2.24, 2.45) is 0 Å². The largest absolute Gasteiger partial charge is 0.135 e. The Morgan fingerprint density at radius 1 is 0.114 bits per heavy atom. The lowest BCUT2D eigenvalue weighted by Gasteiger charge is -2.12. The number of fused-ring (bicyclic) bond motifs is 27. The summed E-state index contributed by atoms with van der Waals surface area (Å²) < 4.78 is 8.11. The van der Waals surface area contributed by atoms with Gasteiger partial charge >= 0.3 is 0 Å². The summed E-state index contributed by atoms with van der Waals surface area (Å²) in [7, 11) is 0. The molecule has 0 amide bonds. The van der Waals surface area contributed by atoms with Crippen molar-refractivity contribution in [1.29, 1.82) is 0 Å². The van der Waals surface area contributed by atoms with Gasteiger partial charge in [0.2, 0.25) is 0 Å². The van der Waals surface area contributed by atoms with Crippen LogP contribution in [0.15, 0.2) is 400 Å². The fourth-order valence-corrected chi connectivity index (χ4v) is 21.7. The topological polar surface area (TPSA) is 0 Å². The summed E-state index contributed by atoms with van der Waals surface area (Å²) in [4.78, 5) is 0. The van der Waals surface area contributed by atoms with E-state index in [-0.39, 0.29) is 22.3 Å². The molecule has 0 aliphatic heterocycles. The second-order valence-corrected chi connectivity index (χ2v) is 32.2. The lowest BCUT2D eigenvalue weighted by molar-refractivity contribution is 1.63. The first-order valence-electron chi connectivity index (χ1n) is 38.1. The van der Waals surface area contributed by atoms with Crippen LogP contribution in [0.1, 0.15) is 22.3 Å². The molecule has 24 rings (SSSR count). The fourth-order valence-electron chi connectivity index (χ4n) is 17.8. The van der Waals surface area contributed by atoms with Crippen LogP contribution in [0.25, 0.3) is 224 Å². The van der Waals surface area contributed by atoms with E-state index in [9.17, 15) is 0 Å². The molecular formula is C111H78S3. The van der Waals surface area contributed by atoms with E-state index in [4.69, 9.17) is 0 Å². The van der Waals surface area contributed by atoms with Crippen molar-refractivity contribution in [3.05, 3.63) is 400 Å². The van der Waals surface area contributed by atoms with Crippen LogP contribution in [0.2, 0.25) is 0 Å². The third-order valence-corrected chi connectivity index (χ3v) is 26.7. The molecule has 0 fully saturated rings. The van der Waals surface area contributed by atoms with Crippen molar-refractivity contribution in [2.45, 2.75) is 22.3 Å². The highest BCUT2D eigenvalue weighted by molar-refractivity contribution is 7.27. The van der Waals surface area contributed by atoms with Crippen molar-refractivity contribution in [3.63, 3.8) is 0 Å². The molecule has 0 radical (unpaired) electrons. The minimum Gasteiger partial charge on any atom is -0.135 e. The summed E-state index contributed by atoms with van der Waals surface area (Å²) in [5.41, 5.74) is 15.2. The molecule has 21 aromatic carbocycles. The fraction of sp³-hybridized carbons (Fsp3) is 0.0270. The number of benzene rings is 21. The molecule has 0 unspecified atom stereocenters. The molecule has 0 aliphatic carbocycles. The average Bonchev–Trinajstić information content (AvgIpc) is 0.875. The van der Waals surface area contributed by atoms with Gasteiger partial charge in [0.25, 0.3) is 0 Å². The lowest BCUT2D eigenvalue weighted by atomic mass is 9.91. The van der Waals surface area contributed by atoms with E-state index in [1.54, 1.807) is 0 Å². The first-order chi connectivity index (χ1) is 55.1. The van der Waals surface area contributed by atoms with E-state index < -0.39 is 0 Å². The Morgan fingerprint density at radius 3 is 0.658 bits per heavy atom. The molecular weight excluding hydrogens is 1430 g/mol. The van der Waals surface area contributed by atoms with E-state index in [1.165, 1.54) is 224 Å². The van der Waals surface area contributed by atoms with Crippen molar-refractivity contribution in [1.82, 2.24) is 0 Å². The van der Waals surface area contributed by atoms with Crippen LogP contribution in [-0.4, -0.2) is 0 Å². The molecule has 0 spiro atoms. The van der Waals surface area contributed by atoms with E-state index in [2.05, 4.69) is 400 Å². The quantitative estimate of drug-likeness (QED) is 0.146. The molecule has 3 heteroatoms. The number of thiophene rings is 3. The zero-order valence-electron chi connectivity index (χ0n) is 60.3. The maximum atomic E-state index is 2.39. The van der Waals surface area contributed by atoms with Crippen molar-refractivity contribution >= 4 is 191 Å².